The molecule has 0 aromatic heterocycles. The summed E-state index contributed by atoms with van der Waals surface area (Å²) >= 11 is 0. The molecule has 13 nitrogen and oxygen atoms in total. The fraction of sp³-hybridized carbons (Fsp3) is 0.0333. The maximum absolute atomic E-state index is 12.8. The van der Waals surface area contributed by atoms with Gasteiger partial charge in [-0.3, -0.25) is 4.79 Å². The van der Waals surface area contributed by atoms with Crippen LogP contribution in [0.2, 0.25) is 0 Å². The summed E-state index contributed by atoms with van der Waals surface area (Å²) in [7, 11) is 0. The van der Waals surface area contributed by atoms with Crippen LogP contribution in [0.4, 0.5) is 11.4 Å². The van der Waals surface area contributed by atoms with Gasteiger partial charge in [-0.2, -0.15) is 0 Å². The number of carbonyl (C=O) groups is 5. The molecular formula is C30H18N2O11. The number of hydrogen-bond donors (Lipinski definition) is 5. The van der Waals surface area contributed by atoms with Crippen LogP contribution in [0.3, 0.4) is 0 Å². The third-order valence-corrected chi connectivity index (χ3v) is 6.60. The fourth-order valence-corrected chi connectivity index (χ4v) is 4.43. The molecule has 2 heterocycles. The zero-order chi connectivity index (χ0) is 30.4. The summed E-state index contributed by atoms with van der Waals surface area (Å²) in [5, 5.41) is 36.5. The summed E-state index contributed by atoms with van der Waals surface area (Å²) in [6.45, 7) is 0. The highest BCUT2D eigenvalue weighted by molar-refractivity contribution is 6.16. The van der Waals surface area contributed by atoms with Gasteiger partial charge in [-0.1, -0.05) is 6.07 Å². The first-order valence-electron chi connectivity index (χ1n) is 12.5. The maximum atomic E-state index is 12.8. The average molecular weight is 582 g/mol. The molecule has 0 fully saturated rings. The van der Waals surface area contributed by atoms with Crippen molar-refractivity contribution in [2.75, 3.05) is 10.6 Å². The minimum absolute atomic E-state index is 0.00802. The normalized spacial score (nSPS) is 14.0. The molecule has 4 aromatic rings. The van der Waals surface area contributed by atoms with Crippen molar-refractivity contribution in [1.82, 2.24) is 0 Å². The summed E-state index contributed by atoms with van der Waals surface area (Å²) < 4.78 is 14.9. The second-order valence-corrected chi connectivity index (χ2v) is 9.38. The Labute approximate surface area is 240 Å². The summed E-state index contributed by atoms with van der Waals surface area (Å²) in [6.07, 6.45) is -1.40. The zero-order valence-corrected chi connectivity index (χ0v) is 21.6. The van der Waals surface area contributed by atoms with Crippen LogP contribution in [0.15, 0.2) is 72.8 Å². The van der Waals surface area contributed by atoms with Crippen molar-refractivity contribution < 1.29 is 53.5 Å². The molecule has 0 aliphatic carbocycles. The monoisotopic (exact) mass is 582 g/mol. The number of phenols is 2. The minimum Gasteiger partial charge on any atom is -0.506 e. The summed E-state index contributed by atoms with van der Waals surface area (Å²) in [5.41, 5.74) is 0.384. The minimum atomic E-state index is -1.40. The van der Waals surface area contributed by atoms with Crippen LogP contribution in [0.1, 0.15) is 63.6 Å². The number of anilines is 2. The lowest BCUT2D eigenvalue weighted by Gasteiger charge is -2.17. The van der Waals surface area contributed by atoms with Crippen LogP contribution >= 0.6 is 0 Å². The van der Waals surface area contributed by atoms with Crippen LogP contribution in [0.5, 0.6) is 23.0 Å². The Bertz CT molecular complexity index is 1900. The van der Waals surface area contributed by atoms with Gasteiger partial charge < -0.3 is 40.2 Å². The highest BCUT2D eigenvalue weighted by Crippen LogP contribution is 2.36. The van der Waals surface area contributed by atoms with Crippen molar-refractivity contribution in [1.29, 1.82) is 0 Å². The van der Waals surface area contributed by atoms with E-state index in [1.165, 1.54) is 72.8 Å². The smallest absolute Gasteiger partial charge is 0.346 e. The zero-order valence-electron chi connectivity index (χ0n) is 21.6. The lowest BCUT2D eigenvalue weighted by molar-refractivity contribution is 0.0425. The first-order chi connectivity index (χ1) is 20.6. The summed E-state index contributed by atoms with van der Waals surface area (Å²) in [4.78, 5) is 59.8. The number of esters is 4. The topological polar surface area (TPSA) is 198 Å². The standard InChI is InChI=1S/C30H18N2O11/c33-23-7-3-15(11-21(23)31-25(35)13-1-5-17-19(9-13)29(39)42-27(17)37)41-16-4-8-24(34)22(12-16)32-26(36)14-2-6-18-20(10-14)30(40)43-28(18)38/h1-12,25,31,33-35H,(H,32,36). The molecule has 214 valence electrons. The lowest BCUT2D eigenvalue weighted by Crippen LogP contribution is -2.13. The third-order valence-electron chi connectivity index (χ3n) is 6.60. The Balaban J connectivity index is 1.17. The van der Waals surface area contributed by atoms with Crippen molar-refractivity contribution in [3.8, 4) is 23.0 Å². The number of nitrogens with one attached hydrogen (secondary N) is 2. The van der Waals surface area contributed by atoms with Gasteiger partial charge in [0.1, 0.15) is 23.0 Å². The first-order valence-corrected chi connectivity index (χ1v) is 12.5. The van der Waals surface area contributed by atoms with Crippen LogP contribution in [-0.4, -0.2) is 45.1 Å². The number of aromatic hydroxyl groups is 2. The number of benzene rings is 4. The Morgan fingerprint density at radius 2 is 1.19 bits per heavy atom. The van der Waals surface area contributed by atoms with Crippen molar-refractivity contribution >= 4 is 41.2 Å². The Kier molecular flexibility index (Phi) is 6.48. The van der Waals surface area contributed by atoms with Crippen LogP contribution in [0.25, 0.3) is 0 Å². The van der Waals surface area contributed by atoms with E-state index in [4.69, 9.17) is 4.74 Å². The van der Waals surface area contributed by atoms with Gasteiger partial charge in [-0.15, -0.1) is 0 Å². The second kappa shape index (κ2) is 10.3. The molecule has 13 heteroatoms. The summed E-state index contributed by atoms with van der Waals surface area (Å²) in [5.74, 6) is -4.10. The number of fused-ring (bicyclic) bond motifs is 2. The van der Waals surface area contributed by atoms with Gasteiger partial charge in [0.05, 0.1) is 33.6 Å². The van der Waals surface area contributed by atoms with E-state index in [-0.39, 0.29) is 67.8 Å². The number of ether oxygens (including phenoxy) is 3. The van der Waals surface area contributed by atoms with E-state index in [0.29, 0.717) is 0 Å². The predicted octanol–water partition coefficient (Wildman–Crippen LogP) is 3.87. The molecule has 2 aliphatic rings. The fourth-order valence-electron chi connectivity index (χ4n) is 4.43. The van der Waals surface area contributed by atoms with Crippen molar-refractivity contribution in [2.45, 2.75) is 6.23 Å². The first kappa shape index (κ1) is 27.0. The van der Waals surface area contributed by atoms with Gasteiger partial charge in [0, 0.05) is 23.3 Å². The molecule has 5 N–H and O–H groups in total. The van der Waals surface area contributed by atoms with Crippen molar-refractivity contribution in [3.63, 3.8) is 0 Å². The van der Waals surface area contributed by atoms with E-state index in [1.54, 1.807) is 0 Å². The number of aliphatic hydroxyl groups excluding tert-OH is 1. The SMILES string of the molecule is O=C(Nc1cc(Oc2ccc(O)c(NC(O)c3ccc4c(c3)C(=O)OC4=O)c2)ccc1O)c1ccc2c(c1)C(=O)OC2=O. The number of amides is 1. The van der Waals surface area contributed by atoms with E-state index in [2.05, 4.69) is 20.1 Å². The van der Waals surface area contributed by atoms with E-state index < -0.39 is 36.0 Å². The second-order valence-electron chi connectivity index (χ2n) is 9.38. The van der Waals surface area contributed by atoms with E-state index >= 15 is 0 Å². The van der Waals surface area contributed by atoms with Crippen molar-refractivity contribution in [2.24, 2.45) is 0 Å². The molecule has 0 bridgehead atoms. The highest BCUT2D eigenvalue weighted by Gasteiger charge is 2.31. The Morgan fingerprint density at radius 3 is 1.84 bits per heavy atom. The average Bonchev–Trinajstić information content (AvgIpc) is 3.44. The largest absolute Gasteiger partial charge is 0.506 e. The molecule has 43 heavy (non-hydrogen) atoms. The molecule has 0 radical (unpaired) electrons. The van der Waals surface area contributed by atoms with Crippen LogP contribution in [-0.2, 0) is 9.47 Å². The number of cyclic esters (lactones) is 4. The van der Waals surface area contributed by atoms with Crippen LogP contribution < -0.4 is 15.4 Å². The molecule has 0 spiro atoms. The number of phenolic OH excluding ortho intramolecular Hbond substituents is 2. The van der Waals surface area contributed by atoms with Gasteiger partial charge in [0.15, 0.2) is 6.23 Å². The number of hydrogen-bond acceptors (Lipinski definition) is 12. The van der Waals surface area contributed by atoms with Gasteiger partial charge in [0.25, 0.3) is 5.91 Å². The maximum Gasteiger partial charge on any atom is 0.346 e. The van der Waals surface area contributed by atoms with Gasteiger partial charge in [-0.25, -0.2) is 19.2 Å². The molecule has 0 saturated carbocycles. The number of rotatable bonds is 7. The number of carbonyl (C=O) groups excluding carboxylic acids is 5. The summed E-state index contributed by atoms with van der Waals surface area (Å²) in [6, 6.07) is 16.0. The van der Waals surface area contributed by atoms with E-state index in [9.17, 15) is 39.3 Å². The third kappa shape index (κ3) is 5.07. The van der Waals surface area contributed by atoms with Crippen LogP contribution in [0, 0.1) is 0 Å². The molecule has 0 saturated heterocycles. The van der Waals surface area contributed by atoms with Gasteiger partial charge in [0.2, 0.25) is 0 Å². The quantitative estimate of drug-likeness (QED) is 0.0914. The molecule has 2 aliphatic heterocycles. The molecule has 1 atom stereocenters. The Morgan fingerprint density at radius 1 is 0.651 bits per heavy atom. The van der Waals surface area contributed by atoms with E-state index in [0.717, 1.165) is 0 Å². The molecule has 1 amide bonds. The van der Waals surface area contributed by atoms with Gasteiger partial charge in [-0.05, 0) is 54.6 Å². The Hall–Kier alpha value is -6.21. The number of aliphatic hydroxyl groups is 1. The molecule has 6 rings (SSSR count). The van der Waals surface area contributed by atoms with Crippen molar-refractivity contribution in [3.05, 3.63) is 106 Å². The highest BCUT2D eigenvalue weighted by atomic mass is 16.6. The lowest BCUT2D eigenvalue weighted by atomic mass is 10.0. The van der Waals surface area contributed by atoms with E-state index in [1.807, 2.05) is 0 Å². The molecule has 1 unspecified atom stereocenters. The predicted molar refractivity (Wildman–Crippen MR) is 145 cm³/mol. The van der Waals surface area contributed by atoms with Gasteiger partial charge >= 0.3 is 23.9 Å². The molecule has 4 aromatic carbocycles. The molecular weight excluding hydrogens is 564 g/mol.